The van der Waals surface area contributed by atoms with Crippen LogP contribution in [0.3, 0.4) is 0 Å². The summed E-state index contributed by atoms with van der Waals surface area (Å²) in [4.78, 5) is 0. The maximum atomic E-state index is 4.44. The van der Waals surface area contributed by atoms with Gasteiger partial charge in [-0.2, -0.15) is 0 Å². The molecule has 1 aromatic carbocycles. The molecule has 1 radical (unpaired) electrons. The molecule has 0 saturated carbocycles. The fourth-order valence-corrected chi connectivity index (χ4v) is 1.04. The highest BCUT2D eigenvalue weighted by Crippen LogP contribution is 1.98. The Balaban J connectivity index is 2.25. The van der Waals surface area contributed by atoms with E-state index in [2.05, 4.69) is 43.4 Å². The first-order valence-corrected chi connectivity index (χ1v) is 4.46. The Morgan fingerprint density at radius 1 is 1.17 bits per heavy atom. The Kier molecular flexibility index (Phi) is 3.81. The molecule has 12 heavy (non-hydrogen) atoms. The Morgan fingerprint density at radius 3 is 2.42 bits per heavy atom. The van der Waals surface area contributed by atoms with Crippen molar-refractivity contribution in [3.8, 4) is 0 Å². The first-order chi connectivity index (χ1) is 5.79. The molecule has 1 nitrogen and oxygen atoms in total. The van der Waals surface area contributed by atoms with Gasteiger partial charge >= 0.3 is 0 Å². The lowest BCUT2D eigenvalue weighted by Gasteiger charge is -2.04. The zero-order valence-electron chi connectivity index (χ0n) is 7.83. The second-order valence-electron chi connectivity index (χ2n) is 3.44. The van der Waals surface area contributed by atoms with Crippen molar-refractivity contribution >= 4 is 0 Å². The van der Waals surface area contributed by atoms with Crippen molar-refractivity contribution < 1.29 is 0 Å². The highest BCUT2D eigenvalue weighted by molar-refractivity contribution is 5.14. The summed E-state index contributed by atoms with van der Waals surface area (Å²) in [6, 6.07) is 10.4. The van der Waals surface area contributed by atoms with E-state index in [4.69, 9.17) is 0 Å². The zero-order chi connectivity index (χ0) is 8.81. The SMILES string of the molecule is CC(C)C[N]Cc1ccccc1. The summed E-state index contributed by atoms with van der Waals surface area (Å²) in [6.07, 6.45) is 0. The van der Waals surface area contributed by atoms with Gasteiger partial charge in [0.15, 0.2) is 0 Å². The minimum absolute atomic E-state index is 0.675. The van der Waals surface area contributed by atoms with Crippen LogP contribution in [-0.4, -0.2) is 6.54 Å². The van der Waals surface area contributed by atoms with Gasteiger partial charge in [-0.3, -0.25) is 0 Å². The standard InChI is InChI=1S/C11H16N/c1-10(2)8-12-9-11-6-4-3-5-7-11/h3-7,10H,8-9H2,1-2H3. The lowest BCUT2D eigenvalue weighted by atomic mass is 10.2. The summed E-state index contributed by atoms with van der Waals surface area (Å²) in [5.41, 5.74) is 1.30. The van der Waals surface area contributed by atoms with Crippen LogP contribution >= 0.6 is 0 Å². The number of rotatable bonds is 4. The van der Waals surface area contributed by atoms with Crippen molar-refractivity contribution in [3.63, 3.8) is 0 Å². The summed E-state index contributed by atoms with van der Waals surface area (Å²) >= 11 is 0. The molecule has 0 saturated heterocycles. The highest BCUT2D eigenvalue weighted by atomic mass is 14.8. The van der Waals surface area contributed by atoms with Crippen molar-refractivity contribution in [3.05, 3.63) is 35.9 Å². The van der Waals surface area contributed by atoms with Crippen LogP contribution in [0.4, 0.5) is 0 Å². The molecular weight excluding hydrogens is 146 g/mol. The van der Waals surface area contributed by atoms with E-state index in [1.807, 2.05) is 6.07 Å². The normalized spacial score (nSPS) is 10.6. The summed E-state index contributed by atoms with van der Waals surface area (Å²) < 4.78 is 0. The maximum absolute atomic E-state index is 4.44. The summed E-state index contributed by atoms with van der Waals surface area (Å²) in [6.45, 7) is 6.21. The van der Waals surface area contributed by atoms with E-state index in [9.17, 15) is 0 Å². The predicted molar refractivity (Wildman–Crippen MR) is 52.0 cm³/mol. The van der Waals surface area contributed by atoms with Crippen LogP contribution in [0.5, 0.6) is 0 Å². The molecule has 1 rings (SSSR count). The van der Waals surface area contributed by atoms with E-state index in [1.165, 1.54) is 5.56 Å². The van der Waals surface area contributed by atoms with Crippen molar-refractivity contribution in [2.45, 2.75) is 20.4 Å². The fraction of sp³-hybridized carbons (Fsp3) is 0.455. The van der Waals surface area contributed by atoms with Gasteiger partial charge in [-0.05, 0) is 11.5 Å². The lowest BCUT2D eigenvalue weighted by Crippen LogP contribution is -2.11. The monoisotopic (exact) mass is 162 g/mol. The minimum Gasteiger partial charge on any atom is -0.237 e. The minimum atomic E-state index is 0.675. The van der Waals surface area contributed by atoms with Gasteiger partial charge in [0.25, 0.3) is 0 Å². The van der Waals surface area contributed by atoms with Crippen LogP contribution < -0.4 is 5.32 Å². The van der Waals surface area contributed by atoms with E-state index < -0.39 is 0 Å². The summed E-state index contributed by atoms with van der Waals surface area (Å²) in [5.74, 6) is 0.675. The van der Waals surface area contributed by atoms with E-state index in [0.717, 1.165) is 13.1 Å². The third-order valence-electron chi connectivity index (χ3n) is 1.63. The van der Waals surface area contributed by atoms with E-state index >= 15 is 0 Å². The predicted octanol–water partition coefficient (Wildman–Crippen LogP) is 2.45. The quantitative estimate of drug-likeness (QED) is 0.645. The molecule has 1 heteroatoms. The van der Waals surface area contributed by atoms with E-state index in [0.29, 0.717) is 5.92 Å². The molecule has 0 aliphatic carbocycles. The zero-order valence-corrected chi connectivity index (χ0v) is 7.83. The molecule has 0 aromatic heterocycles. The second-order valence-corrected chi connectivity index (χ2v) is 3.44. The largest absolute Gasteiger partial charge is 0.237 e. The molecule has 0 unspecified atom stereocenters. The van der Waals surface area contributed by atoms with Gasteiger partial charge in [0.05, 0.1) is 0 Å². The average Bonchev–Trinajstić information content (AvgIpc) is 2.05. The number of hydrogen-bond donors (Lipinski definition) is 0. The molecular formula is C11H16N. The molecule has 0 bridgehead atoms. The van der Waals surface area contributed by atoms with Gasteiger partial charge in [-0.25, -0.2) is 5.32 Å². The van der Waals surface area contributed by atoms with Gasteiger partial charge < -0.3 is 0 Å². The van der Waals surface area contributed by atoms with Crippen LogP contribution in [0.15, 0.2) is 30.3 Å². The second kappa shape index (κ2) is 4.94. The molecule has 65 valence electrons. The topological polar surface area (TPSA) is 14.1 Å². The van der Waals surface area contributed by atoms with Gasteiger partial charge in [0.1, 0.15) is 0 Å². The van der Waals surface area contributed by atoms with Crippen LogP contribution in [0.25, 0.3) is 0 Å². The summed E-state index contributed by atoms with van der Waals surface area (Å²) in [5, 5.41) is 4.44. The first-order valence-electron chi connectivity index (χ1n) is 4.46. The van der Waals surface area contributed by atoms with Gasteiger partial charge in [0, 0.05) is 13.1 Å². The molecule has 0 N–H and O–H groups in total. The Bertz CT molecular complexity index is 204. The van der Waals surface area contributed by atoms with Crippen LogP contribution in [0, 0.1) is 5.92 Å². The molecule has 0 amide bonds. The Morgan fingerprint density at radius 2 is 1.83 bits per heavy atom. The van der Waals surface area contributed by atoms with Crippen molar-refractivity contribution in [1.29, 1.82) is 0 Å². The fourth-order valence-electron chi connectivity index (χ4n) is 1.04. The summed E-state index contributed by atoms with van der Waals surface area (Å²) in [7, 11) is 0. The smallest absolute Gasteiger partial charge is 0.0384 e. The molecule has 1 aromatic rings. The number of benzene rings is 1. The number of hydrogen-bond acceptors (Lipinski definition) is 0. The number of nitrogens with zero attached hydrogens (tertiary/aromatic N) is 1. The molecule has 0 atom stereocenters. The lowest BCUT2D eigenvalue weighted by molar-refractivity contribution is 0.543. The molecule has 0 spiro atoms. The average molecular weight is 162 g/mol. The van der Waals surface area contributed by atoms with Crippen LogP contribution in [-0.2, 0) is 6.54 Å². The highest BCUT2D eigenvalue weighted by Gasteiger charge is 1.94. The maximum Gasteiger partial charge on any atom is 0.0384 e. The van der Waals surface area contributed by atoms with E-state index in [1.54, 1.807) is 0 Å². The Labute approximate surface area is 74.8 Å². The molecule has 0 aliphatic rings. The van der Waals surface area contributed by atoms with Gasteiger partial charge in [-0.15, -0.1) is 0 Å². The third-order valence-corrected chi connectivity index (χ3v) is 1.63. The van der Waals surface area contributed by atoms with Gasteiger partial charge in [-0.1, -0.05) is 44.2 Å². The van der Waals surface area contributed by atoms with Crippen LogP contribution in [0.1, 0.15) is 19.4 Å². The molecule has 0 heterocycles. The van der Waals surface area contributed by atoms with Crippen molar-refractivity contribution in [1.82, 2.24) is 5.32 Å². The van der Waals surface area contributed by atoms with Gasteiger partial charge in [0.2, 0.25) is 0 Å². The molecule has 0 aliphatic heterocycles. The van der Waals surface area contributed by atoms with E-state index in [-0.39, 0.29) is 0 Å². The van der Waals surface area contributed by atoms with Crippen molar-refractivity contribution in [2.24, 2.45) is 5.92 Å². The Hall–Kier alpha value is -0.820. The van der Waals surface area contributed by atoms with Crippen LogP contribution in [0.2, 0.25) is 0 Å². The van der Waals surface area contributed by atoms with Crippen molar-refractivity contribution in [2.75, 3.05) is 6.54 Å². The first kappa shape index (κ1) is 9.27. The third kappa shape index (κ3) is 3.54. The molecule has 0 fully saturated rings.